The molecule has 4 saturated carbocycles. The molecule has 6 heteroatoms. The number of aliphatic hydroxyl groups is 4. The average Bonchev–Trinajstić information content (AvgIpc) is 3.29. The zero-order valence-corrected chi connectivity index (χ0v) is 26.2. The van der Waals surface area contributed by atoms with Crippen molar-refractivity contribution in [1.29, 1.82) is 0 Å². The minimum atomic E-state index is -1.38. The minimum absolute atomic E-state index is 0.0325. The van der Waals surface area contributed by atoms with Gasteiger partial charge in [-0.25, -0.2) is 0 Å². The number of rotatable bonds is 8. The van der Waals surface area contributed by atoms with Gasteiger partial charge in [-0.15, -0.1) is 0 Å². The van der Waals surface area contributed by atoms with Crippen LogP contribution in [-0.2, 0) is 9.47 Å². The maximum absolute atomic E-state index is 10.5. The van der Waals surface area contributed by atoms with E-state index in [4.69, 9.17) is 9.47 Å². The second kappa shape index (κ2) is 12.0. The molecule has 0 bridgehead atoms. The van der Waals surface area contributed by atoms with Crippen molar-refractivity contribution in [3.05, 3.63) is 0 Å². The fourth-order valence-corrected chi connectivity index (χ4v) is 10.7. The third kappa shape index (κ3) is 5.45. The first-order valence-corrected chi connectivity index (χ1v) is 16.9. The van der Waals surface area contributed by atoms with Gasteiger partial charge in [0.1, 0.15) is 24.4 Å². The molecule has 1 aliphatic heterocycles. The first-order valence-electron chi connectivity index (χ1n) is 16.9. The van der Waals surface area contributed by atoms with Gasteiger partial charge in [0.15, 0.2) is 6.29 Å². The number of fused-ring (bicyclic) bond motifs is 5. The standard InChI is InChI=1S/C34H60O6/c1-19(2)20(3)7-8-21(4)25-11-12-26-24-10-9-22-17-23(13-15-33(22,5)27(24)14-16-34(25,26)6)39-32-31(38)30(37)29(36)28(18-35)40-32/h19-32,35-38H,7-18H2,1-6H3/t20-,21-,22+,23+,24+,25-,26+,27+,28-,29-,30+,31-,32-,33+,34-/m1/s1. The smallest absolute Gasteiger partial charge is 0.186 e. The lowest BCUT2D eigenvalue weighted by molar-refractivity contribution is -0.316. The molecule has 0 aromatic heterocycles. The molecular formula is C34H60O6. The predicted octanol–water partition coefficient (Wildman–Crippen LogP) is 5.54. The molecule has 1 saturated heterocycles. The Morgan fingerprint density at radius 2 is 1.50 bits per heavy atom. The first kappa shape index (κ1) is 31.2. The molecule has 0 aromatic carbocycles. The van der Waals surface area contributed by atoms with Crippen LogP contribution in [-0.4, -0.2) is 63.8 Å². The Bertz CT molecular complexity index is 848. The molecule has 5 rings (SSSR count). The summed E-state index contributed by atoms with van der Waals surface area (Å²) in [6, 6.07) is 0. The highest BCUT2D eigenvalue weighted by molar-refractivity contribution is 5.10. The second-order valence-corrected chi connectivity index (χ2v) is 15.9. The van der Waals surface area contributed by atoms with Crippen molar-refractivity contribution in [2.24, 2.45) is 58.2 Å². The molecule has 232 valence electrons. The Labute approximate surface area is 243 Å². The summed E-state index contributed by atoms with van der Waals surface area (Å²) in [6.07, 6.45) is 7.98. The van der Waals surface area contributed by atoms with E-state index in [1.807, 2.05) is 0 Å². The van der Waals surface area contributed by atoms with Crippen LogP contribution in [0.4, 0.5) is 0 Å². The summed E-state index contributed by atoms with van der Waals surface area (Å²) >= 11 is 0. The summed E-state index contributed by atoms with van der Waals surface area (Å²) in [5.41, 5.74) is 0.851. The highest BCUT2D eigenvalue weighted by Crippen LogP contribution is 2.68. The Kier molecular flexibility index (Phi) is 9.39. The van der Waals surface area contributed by atoms with E-state index >= 15 is 0 Å². The van der Waals surface area contributed by atoms with Crippen molar-refractivity contribution in [3.8, 4) is 0 Å². The van der Waals surface area contributed by atoms with Crippen molar-refractivity contribution in [1.82, 2.24) is 0 Å². The summed E-state index contributed by atoms with van der Waals surface area (Å²) < 4.78 is 11.9. The molecule has 0 aromatic rings. The van der Waals surface area contributed by atoms with Crippen LogP contribution in [0.2, 0.25) is 0 Å². The lowest BCUT2D eigenvalue weighted by Gasteiger charge is -2.61. The SMILES string of the molecule is CC(C)[C@H](C)CC[C@@H](C)[C@H]1CC[C@H]2[C@@H]3CC[C@H]4C[C@@H](O[C@@H]5O[C@H](CO)[C@@H](O)[C@H](O)[C@H]5O)CC[C@]4(C)[C@H]3CC[C@]12C. The zero-order chi connectivity index (χ0) is 29.0. The molecule has 0 amide bonds. The van der Waals surface area contributed by atoms with Crippen molar-refractivity contribution < 1.29 is 29.9 Å². The van der Waals surface area contributed by atoms with Gasteiger partial charge in [-0.05, 0) is 116 Å². The van der Waals surface area contributed by atoms with Gasteiger partial charge < -0.3 is 29.9 Å². The van der Waals surface area contributed by atoms with Crippen LogP contribution in [0.1, 0.15) is 112 Å². The van der Waals surface area contributed by atoms with Crippen LogP contribution >= 0.6 is 0 Å². The molecule has 5 aliphatic rings. The van der Waals surface area contributed by atoms with E-state index in [-0.39, 0.29) is 6.10 Å². The molecule has 0 spiro atoms. The highest BCUT2D eigenvalue weighted by atomic mass is 16.7. The highest BCUT2D eigenvalue weighted by Gasteiger charge is 2.61. The number of aliphatic hydroxyl groups excluding tert-OH is 4. The van der Waals surface area contributed by atoms with Crippen LogP contribution < -0.4 is 0 Å². The fourth-order valence-electron chi connectivity index (χ4n) is 10.7. The Morgan fingerprint density at radius 3 is 2.20 bits per heavy atom. The molecule has 4 aliphatic carbocycles. The third-order valence-electron chi connectivity index (χ3n) is 13.8. The molecule has 0 radical (unpaired) electrons. The maximum Gasteiger partial charge on any atom is 0.186 e. The Morgan fingerprint density at radius 1 is 0.800 bits per heavy atom. The van der Waals surface area contributed by atoms with Crippen molar-refractivity contribution >= 4 is 0 Å². The van der Waals surface area contributed by atoms with E-state index in [1.54, 1.807) is 0 Å². The monoisotopic (exact) mass is 564 g/mol. The maximum atomic E-state index is 10.5. The van der Waals surface area contributed by atoms with Gasteiger partial charge in [0.2, 0.25) is 0 Å². The van der Waals surface area contributed by atoms with Gasteiger partial charge in [-0.3, -0.25) is 0 Å². The van der Waals surface area contributed by atoms with Crippen LogP contribution in [0, 0.1) is 58.2 Å². The normalized spacial score (nSPS) is 50.6. The van der Waals surface area contributed by atoms with Crippen LogP contribution in [0.3, 0.4) is 0 Å². The summed E-state index contributed by atoms with van der Waals surface area (Å²) in [5.74, 6) is 6.45. The van der Waals surface area contributed by atoms with E-state index in [9.17, 15) is 20.4 Å². The lowest BCUT2D eigenvalue weighted by Crippen LogP contribution is -2.60. The molecule has 6 nitrogen and oxygen atoms in total. The second-order valence-electron chi connectivity index (χ2n) is 15.9. The van der Waals surface area contributed by atoms with Crippen LogP contribution in [0.5, 0.6) is 0 Å². The van der Waals surface area contributed by atoms with Crippen molar-refractivity contribution in [2.75, 3.05) is 6.61 Å². The number of hydrogen-bond acceptors (Lipinski definition) is 6. The van der Waals surface area contributed by atoms with E-state index in [0.29, 0.717) is 16.7 Å². The van der Waals surface area contributed by atoms with Crippen molar-refractivity contribution in [2.45, 2.75) is 149 Å². The third-order valence-corrected chi connectivity index (χ3v) is 13.8. The largest absolute Gasteiger partial charge is 0.394 e. The number of ether oxygens (including phenoxy) is 2. The molecule has 15 atom stereocenters. The van der Waals surface area contributed by atoms with Gasteiger partial charge in [-0.2, -0.15) is 0 Å². The summed E-state index contributed by atoms with van der Waals surface area (Å²) in [5, 5.41) is 40.4. The first-order chi connectivity index (χ1) is 18.9. The fraction of sp³-hybridized carbons (Fsp3) is 1.00. The Hall–Kier alpha value is -0.240. The van der Waals surface area contributed by atoms with E-state index in [0.717, 1.165) is 60.7 Å². The molecule has 40 heavy (non-hydrogen) atoms. The molecule has 5 fully saturated rings. The van der Waals surface area contributed by atoms with Gasteiger partial charge in [-0.1, -0.05) is 54.4 Å². The summed E-state index contributed by atoms with van der Waals surface area (Å²) in [4.78, 5) is 0. The van der Waals surface area contributed by atoms with Gasteiger partial charge in [0.05, 0.1) is 12.7 Å². The summed E-state index contributed by atoms with van der Waals surface area (Å²) in [7, 11) is 0. The molecule has 0 unspecified atom stereocenters. The van der Waals surface area contributed by atoms with E-state index in [2.05, 4.69) is 41.5 Å². The number of hydrogen-bond donors (Lipinski definition) is 4. The van der Waals surface area contributed by atoms with E-state index in [1.165, 1.54) is 51.4 Å². The zero-order valence-electron chi connectivity index (χ0n) is 26.2. The molecule has 1 heterocycles. The van der Waals surface area contributed by atoms with Gasteiger partial charge in [0, 0.05) is 0 Å². The summed E-state index contributed by atoms with van der Waals surface area (Å²) in [6.45, 7) is 14.6. The minimum Gasteiger partial charge on any atom is -0.394 e. The average molecular weight is 565 g/mol. The van der Waals surface area contributed by atoms with Crippen LogP contribution in [0.15, 0.2) is 0 Å². The Balaban J connectivity index is 1.21. The predicted molar refractivity (Wildman–Crippen MR) is 156 cm³/mol. The van der Waals surface area contributed by atoms with Gasteiger partial charge >= 0.3 is 0 Å². The molecule has 4 N–H and O–H groups in total. The lowest BCUT2D eigenvalue weighted by atomic mass is 9.44. The van der Waals surface area contributed by atoms with E-state index < -0.39 is 37.3 Å². The molecular weight excluding hydrogens is 504 g/mol. The van der Waals surface area contributed by atoms with Crippen molar-refractivity contribution in [3.63, 3.8) is 0 Å². The van der Waals surface area contributed by atoms with Gasteiger partial charge in [0.25, 0.3) is 0 Å². The topological polar surface area (TPSA) is 99.4 Å². The van der Waals surface area contributed by atoms with Crippen LogP contribution in [0.25, 0.3) is 0 Å². The quantitative estimate of drug-likeness (QED) is 0.289.